The molecule has 2 N–H and O–H groups in total. The number of halogens is 2. The van der Waals surface area contributed by atoms with Crippen LogP contribution in [0.4, 0.5) is 10.5 Å². The fourth-order valence-electron chi connectivity index (χ4n) is 1.66. The van der Waals surface area contributed by atoms with E-state index in [1.54, 1.807) is 24.4 Å². The molecule has 1 aromatic heterocycles. The van der Waals surface area contributed by atoms with Crippen molar-refractivity contribution in [1.29, 1.82) is 0 Å². The van der Waals surface area contributed by atoms with Crippen LogP contribution in [-0.4, -0.2) is 11.0 Å². The molecule has 1 unspecified atom stereocenters. The Morgan fingerprint density at radius 1 is 1.20 bits per heavy atom. The van der Waals surface area contributed by atoms with E-state index >= 15 is 0 Å². The Balaban J connectivity index is 2.01. The third-order valence-corrected chi connectivity index (χ3v) is 3.50. The Labute approximate surface area is 127 Å². The average Bonchev–Trinajstić information content (AvgIpc) is 2.45. The highest BCUT2D eigenvalue weighted by Crippen LogP contribution is 2.29. The average molecular weight is 310 g/mol. The summed E-state index contributed by atoms with van der Waals surface area (Å²) in [5.74, 6) is 0. The maximum absolute atomic E-state index is 11.9. The number of nitrogens with zero attached hydrogens (tertiary/aromatic N) is 1. The predicted molar refractivity (Wildman–Crippen MR) is 81.3 cm³/mol. The molecule has 2 rings (SSSR count). The first-order valence-corrected chi connectivity index (χ1v) is 6.76. The quantitative estimate of drug-likeness (QED) is 0.889. The van der Waals surface area contributed by atoms with Crippen molar-refractivity contribution in [3.8, 4) is 0 Å². The lowest BCUT2D eigenvalue weighted by atomic mass is 10.2. The van der Waals surface area contributed by atoms with E-state index in [1.165, 1.54) is 0 Å². The highest BCUT2D eigenvalue weighted by molar-refractivity contribution is 6.43. The molecule has 1 aromatic carbocycles. The Morgan fingerprint density at radius 2 is 2.00 bits per heavy atom. The van der Waals surface area contributed by atoms with Gasteiger partial charge >= 0.3 is 6.03 Å². The van der Waals surface area contributed by atoms with Crippen LogP contribution in [-0.2, 0) is 0 Å². The molecule has 0 radical (unpaired) electrons. The van der Waals surface area contributed by atoms with Gasteiger partial charge in [0.05, 0.1) is 27.5 Å². The van der Waals surface area contributed by atoms with Crippen molar-refractivity contribution in [3.63, 3.8) is 0 Å². The number of hydrogen-bond donors (Lipinski definition) is 2. The molecule has 1 atom stereocenters. The van der Waals surface area contributed by atoms with Crippen molar-refractivity contribution >= 4 is 34.9 Å². The fraction of sp³-hybridized carbons (Fsp3) is 0.143. The van der Waals surface area contributed by atoms with Gasteiger partial charge in [0.25, 0.3) is 0 Å². The van der Waals surface area contributed by atoms with Crippen molar-refractivity contribution < 1.29 is 4.79 Å². The lowest BCUT2D eigenvalue weighted by Gasteiger charge is -2.14. The van der Waals surface area contributed by atoms with Crippen molar-refractivity contribution in [2.24, 2.45) is 0 Å². The minimum Gasteiger partial charge on any atom is -0.330 e. The lowest BCUT2D eigenvalue weighted by Crippen LogP contribution is -2.31. The zero-order valence-electron chi connectivity index (χ0n) is 10.7. The van der Waals surface area contributed by atoms with Crippen LogP contribution in [0.1, 0.15) is 18.7 Å². The zero-order valence-corrected chi connectivity index (χ0v) is 12.2. The largest absolute Gasteiger partial charge is 0.330 e. The first kappa shape index (κ1) is 14.6. The van der Waals surface area contributed by atoms with Crippen LogP contribution in [0.3, 0.4) is 0 Å². The van der Waals surface area contributed by atoms with E-state index in [0.29, 0.717) is 15.7 Å². The van der Waals surface area contributed by atoms with Crippen molar-refractivity contribution in [3.05, 3.63) is 58.3 Å². The summed E-state index contributed by atoms with van der Waals surface area (Å²) < 4.78 is 0. The third kappa shape index (κ3) is 3.62. The normalized spacial score (nSPS) is 11.8. The molecule has 0 saturated carbocycles. The SMILES string of the molecule is CC(NC(=O)Nc1cccc(Cl)c1Cl)c1ccccn1. The summed E-state index contributed by atoms with van der Waals surface area (Å²) >= 11 is 11.9. The first-order chi connectivity index (χ1) is 9.58. The molecule has 0 fully saturated rings. The van der Waals surface area contributed by atoms with Crippen molar-refractivity contribution in [1.82, 2.24) is 10.3 Å². The van der Waals surface area contributed by atoms with Gasteiger partial charge in [-0.25, -0.2) is 4.79 Å². The molecule has 20 heavy (non-hydrogen) atoms. The molecule has 2 aromatic rings. The van der Waals surface area contributed by atoms with Crippen LogP contribution in [0.15, 0.2) is 42.6 Å². The van der Waals surface area contributed by atoms with Crippen LogP contribution >= 0.6 is 23.2 Å². The molecule has 1 heterocycles. The van der Waals surface area contributed by atoms with Gasteiger partial charge in [-0.15, -0.1) is 0 Å². The maximum atomic E-state index is 11.9. The van der Waals surface area contributed by atoms with Crippen LogP contribution in [0.5, 0.6) is 0 Å². The number of amides is 2. The Morgan fingerprint density at radius 3 is 2.70 bits per heavy atom. The summed E-state index contributed by atoms with van der Waals surface area (Å²) in [5.41, 5.74) is 1.24. The van der Waals surface area contributed by atoms with Gasteiger partial charge in [0.2, 0.25) is 0 Å². The molecule has 4 nitrogen and oxygen atoms in total. The van der Waals surface area contributed by atoms with Gasteiger partial charge in [-0.05, 0) is 31.2 Å². The number of nitrogens with one attached hydrogen (secondary N) is 2. The predicted octanol–water partition coefficient (Wildman–Crippen LogP) is 4.27. The Bertz CT molecular complexity index is 605. The van der Waals surface area contributed by atoms with E-state index in [-0.39, 0.29) is 12.1 Å². The second-order valence-corrected chi connectivity index (χ2v) is 4.96. The highest BCUT2D eigenvalue weighted by Gasteiger charge is 2.12. The molecule has 0 aliphatic heterocycles. The molecule has 2 amide bonds. The van der Waals surface area contributed by atoms with Crippen molar-refractivity contribution in [2.75, 3.05) is 5.32 Å². The topological polar surface area (TPSA) is 54.0 Å². The van der Waals surface area contributed by atoms with Crippen LogP contribution in [0, 0.1) is 0 Å². The zero-order chi connectivity index (χ0) is 14.5. The van der Waals surface area contributed by atoms with Gasteiger partial charge in [0.15, 0.2) is 0 Å². The smallest absolute Gasteiger partial charge is 0.319 e. The molecule has 0 spiro atoms. The second-order valence-electron chi connectivity index (χ2n) is 4.18. The van der Waals surface area contributed by atoms with Gasteiger partial charge < -0.3 is 10.6 Å². The number of benzene rings is 1. The van der Waals surface area contributed by atoms with Crippen LogP contribution in [0.2, 0.25) is 10.0 Å². The molecular weight excluding hydrogens is 297 g/mol. The number of hydrogen-bond acceptors (Lipinski definition) is 2. The highest BCUT2D eigenvalue weighted by atomic mass is 35.5. The molecular formula is C14H13Cl2N3O. The minimum absolute atomic E-state index is 0.214. The Kier molecular flexibility index (Phi) is 4.82. The fourth-order valence-corrected chi connectivity index (χ4v) is 2.01. The van der Waals surface area contributed by atoms with Gasteiger partial charge in [-0.1, -0.05) is 35.3 Å². The summed E-state index contributed by atoms with van der Waals surface area (Å²) in [5, 5.41) is 6.14. The first-order valence-electron chi connectivity index (χ1n) is 6.00. The summed E-state index contributed by atoms with van der Waals surface area (Å²) in [6.07, 6.45) is 1.68. The van der Waals surface area contributed by atoms with Gasteiger partial charge in [-0.2, -0.15) is 0 Å². The number of rotatable bonds is 3. The third-order valence-electron chi connectivity index (χ3n) is 2.68. The van der Waals surface area contributed by atoms with E-state index in [9.17, 15) is 4.79 Å². The summed E-state index contributed by atoms with van der Waals surface area (Å²) in [6.45, 7) is 1.85. The molecule has 0 saturated heterocycles. The number of carbonyl (C=O) groups is 1. The summed E-state index contributed by atoms with van der Waals surface area (Å²) in [4.78, 5) is 16.1. The van der Waals surface area contributed by atoms with E-state index in [0.717, 1.165) is 5.69 Å². The number of urea groups is 1. The van der Waals surface area contributed by atoms with Gasteiger partial charge in [0, 0.05) is 6.20 Å². The monoisotopic (exact) mass is 309 g/mol. The molecule has 0 aliphatic rings. The maximum Gasteiger partial charge on any atom is 0.319 e. The minimum atomic E-state index is -0.368. The molecule has 6 heteroatoms. The lowest BCUT2D eigenvalue weighted by molar-refractivity contribution is 0.249. The number of carbonyl (C=O) groups excluding carboxylic acids is 1. The Hall–Kier alpha value is -1.78. The van der Waals surface area contributed by atoms with Crippen LogP contribution < -0.4 is 10.6 Å². The summed E-state index contributed by atoms with van der Waals surface area (Å²) in [7, 11) is 0. The van der Waals surface area contributed by atoms with E-state index in [1.807, 2.05) is 25.1 Å². The van der Waals surface area contributed by atoms with E-state index in [2.05, 4.69) is 15.6 Å². The standard InChI is InChI=1S/C14H13Cl2N3O/c1-9(11-6-2-3-8-17-11)18-14(20)19-12-7-4-5-10(15)13(12)16/h2-9H,1H3,(H2,18,19,20). The van der Waals surface area contributed by atoms with E-state index in [4.69, 9.17) is 23.2 Å². The number of aromatic nitrogens is 1. The second kappa shape index (κ2) is 6.59. The van der Waals surface area contributed by atoms with Gasteiger partial charge in [-0.3, -0.25) is 4.98 Å². The van der Waals surface area contributed by atoms with E-state index < -0.39 is 0 Å². The number of pyridine rings is 1. The van der Waals surface area contributed by atoms with Gasteiger partial charge in [0.1, 0.15) is 0 Å². The molecule has 0 aliphatic carbocycles. The molecule has 104 valence electrons. The number of anilines is 1. The summed E-state index contributed by atoms with van der Waals surface area (Å²) in [6, 6.07) is 10.0. The molecule has 0 bridgehead atoms. The van der Waals surface area contributed by atoms with Crippen LogP contribution in [0.25, 0.3) is 0 Å². The van der Waals surface area contributed by atoms with Crippen molar-refractivity contribution in [2.45, 2.75) is 13.0 Å².